The highest BCUT2D eigenvalue weighted by atomic mass is 19.1. The molecule has 7 nitrogen and oxygen atoms in total. The second-order valence-corrected chi connectivity index (χ2v) is 4.23. The summed E-state index contributed by atoms with van der Waals surface area (Å²) in [7, 11) is 4.87. The average molecular weight is 279 g/mol. The molecule has 1 aromatic carbocycles. The number of carbonyl (C=O) groups excluding carboxylic acids is 1. The summed E-state index contributed by atoms with van der Waals surface area (Å²) in [4.78, 5) is 17.6. The van der Waals surface area contributed by atoms with Crippen molar-refractivity contribution in [2.75, 3.05) is 31.8 Å². The fourth-order valence-corrected chi connectivity index (χ4v) is 1.65. The summed E-state index contributed by atoms with van der Waals surface area (Å²) in [5.74, 6) is -1.48. The van der Waals surface area contributed by atoms with Gasteiger partial charge in [-0.2, -0.15) is 4.98 Å². The molecule has 8 heteroatoms. The Balaban J connectivity index is 2.43. The van der Waals surface area contributed by atoms with Gasteiger partial charge in [0.25, 0.3) is 5.91 Å². The van der Waals surface area contributed by atoms with Gasteiger partial charge in [-0.25, -0.2) is 4.39 Å². The van der Waals surface area contributed by atoms with Gasteiger partial charge in [-0.05, 0) is 18.2 Å². The van der Waals surface area contributed by atoms with E-state index < -0.39 is 11.7 Å². The van der Waals surface area contributed by atoms with Gasteiger partial charge in [-0.1, -0.05) is 0 Å². The minimum atomic E-state index is -0.700. The number of hydrogen-bond acceptors (Lipinski definition) is 6. The van der Waals surface area contributed by atoms with Crippen molar-refractivity contribution in [1.82, 2.24) is 14.8 Å². The van der Waals surface area contributed by atoms with Crippen molar-refractivity contribution in [3.8, 4) is 6.01 Å². The zero-order chi connectivity index (χ0) is 14.9. The molecule has 2 aromatic rings. The van der Waals surface area contributed by atoms with Crippen LogP contribution in [0.15, 0.2) is 18.2 Å². The van der Waals surface area contributed by atoms with Crippen LogP contribution in [0.5, 0.6) is 6.01 Å². The molecule has 20 heavy (non-hydrogen) atoms. The van der Waals surface area contributed by atoms with E-state index in [4.69, 9.17) is 10.5 Å². The molecule has 0 aliphatic heterocycles. The topological polar surface area (TPSA) is 86.3 Å². The van der Waals surface area contributed by atoms with E-state index in [-0.39, 0.29) is 17.5 Å². The Labute approximate surface area is 114 Å². The van der Waals surface area contributed by atoms with Crippen LogP contribution in [-0.4, -0.2) is 41.9 Å². The van der Waals surface area contributed by atoms with Gasteiger partial charge in [0.15, 0.2) is 0 Å². The average Bonchev–Trinajstić information content (AvgIpc) is 2.79. The van der Waals surface area contributed by atoms with Gasteiger partial charge in [0.05, 0.1) is 12.7 Å². The van der Waals surface area contributed by atoms with E-state index in [9.17, 15) is 9.18 Å². The first kappa shape index (κ1) is 13.8. The molecule has 0 unspecified atom stereocenters. The van der Waals surface area contributed by atoms with E-state index in [1.54, 1.807) is 25.1 Å². The minimum absolute atomic E-state index is 0.0939. The lowest BCUT2D eigenvalue weighted by Gasteiger charge is -2.13. The number of hydrogen-bond donors (Lipinski definition) is 1. The Kier molecular flexibility index (Phi) is 3.55. The van der Waals surface area contributed by atoms with E-state index in [1.165, 1.54) is 19.2 Å². The van der Waals surface area contributed by atoms with Crippen molar-refractivity contribution >= 4 is 17.5 Å². The van der Waals surface area contributed by atoms with Gasteiger partial charge in [-0.3, -0.25) is 4.79 Å². The largest absolute Gasteiger partial charge is 0.467 e. The maximum absolute atomic E-state index is 14.0. The number of nitrogen functional groups attached to an aromatic ring is 1. The summed E-state index contributed by atoms with van der Waals surface area (Å²) < 4.78 is 19.7. The van der Waals surface area contributed by atoms with Crippen LogP contribution in [0.4, 0.5) is 16.0 Å². The van der Waals surface area contributed by atoms with E-state index in [0.29, 0.717) is 5.69 Å². The van der Waals surface area contributed by atoms with Crippen LogP contribution in [0, 0.1) is 5.82 Å². The summed E-state index contributed by atoms with van der Waals surface area (Å²) in [5, 5.41) is 3.69. The van der Waals surface area contributed by atoms with Gasteiger partial charge in [0.2, 0.25) is 5.95 Å². The molecule has 0 saturated heterocycles. The lowest BCUT2D eigenvalue weighted by Crippen LogP contribution is -2.17. The lowest BCUT2D eigenvalue weighted by atomic mass is 10.1. The van der Waals surface area contributed by atoms with E-state index >= 15 is 0 Å². The zero-order valence-electron chi connectivity index (χ0n) is 11.3. The number of anilines is 2. The molecule has 0 aliphatic carbocycles. The molecule has 1 heterocycles. The minimum Gasteiger partial charge on any atom is -0.467 e. The Hall–Kier alpha value is -2.64. The molecular weight excluding hydrogens is 265 g/mol. The molecule has 0 fully saturated rings. The van der Waals surface area contributed by atoms with Gasteiger partial charge in [0, 0.05) is 19.8 Å². The second-order valence-electron chi connectivity index (χ2n) is 4.23. The SMILES string of the molecule is COc1nc(N)nn1C(=O)c1ccc(N(C)C)cc1F. The molecule has 2 rings (SSSR count). The Morgan fingerprint density at radius 3 is 2.70 bits per heavy atom. The second kappa shape index (κ2) is 5.16. The quantitative estimate of drug-likeness (QED) is 0.892. The number of halogens is 1. The first-order valence-electron chi connectivity index (χ1n) is 5.72. The highest BCUT2D eigenvalue weighted by molar-refractivity contribution is 5.96. The maximum Gasteiger partial charge on any atom is 0.324 e. The third-order valence-electron chi connectivity index (χ3n) is 2.67. The van der Waals surface area contributed by atoms with Crippen LogP contribution in [-0.2, 0) is 0 Å². The van der Waals surface area contributed by atoms with Gasteiger partial charge >= 0.3 is 6.01 Å². The maximum atomic E-state index is 14.0. The molecule has 0 spiro atoms. The number of nitrogens with two attached hydrogens (primary N) is 1. The first-order chi connectivity index (χ1) is 9.43. The van der Waals surface area contributed by atoms with Crippen molar-refractivity contribution < 1.29 is 13.9 Å². The molecule has 2 N–H and O–H groups in total. The van der Waals surface area contributed by atoms with Crippen LogP contribution >= 0.6 is 0 Å². The fourth-order valence-electron chi connectivity index (χ4n) is 1.65. The molecule has 106 valence electrons. The first-order valence-corrected chi connectivity index (χ1v) is 5.72. The van der Waals surface area contributed by atoms with Crippen molar-refractivity contribution in [2.45, 2.75) is 0 Å². The Morgan fingerprint density at radius 2 is 2.15 bits per heavy atom. The summed E-state index contributed by atoms with van der Waals surface area (Å²) in [6.07, 6.45) is 0. The van der Waals surface area contributed by atoms with Crippen molar-refractivity contribution in [2.24, 2.45) is 0 Å². The number of nitrogens with zero attached hydrogens (tertiary/aromatic N) is 4. The molecule has 0 radical (unpaired) electrons. The van der Waals surface area contributed by atoms with Crippen molar-refractivity contribution in [3.63, 3.8) is 0 Å². The number of carbonyl (C=O) groups is 1. The molecule has 0 aliphatic rings. The molecule has 1 aromatic heterocycles. The third-order valence-corrected chi connectivity index (χ3v) is 2.67. The summed E-state index contributed by atoms with van der Waals surface area (Å²) in [6.45, 7) is 0. The van der Waals surface area contributed by atoms with Gasteiger partial charge in [-0.15, -0.1) is 9.78 Å². The zero-order valence-corrected chi connectivity index (χ0v) is 11.3. The highest BCUT2D eigenvalue weighted by Gasteiger charge is 2.20. The molecule has 0 saturated carbocycles. The molecule has 0 amide bonds. The number of methoxy groups -OCH3 is 1. The Bertz CT molecular complexity index is 653. The summed E-state index contributed by atoms with van der Waals surface area (Å²) >= 11 is 0. The van der Waals surface area contributed by atoms with Crippen LogP contribution in [0.3, 0.4) is 0 Å². The van der Waals surface area contributed by atoms with Gasteiger partial charge in [0.1, 0.15) is 5.82 Å². The molecule has 0 atom stereocenters. The molecule has 0 bridgehead atoms. The van der Waals surface area contributed by atoms with Crippen LogP contribution in [0.25, 0.3) is 0 Å². The highest BCUT2D eigenvalue weighted by Crippen LogP contribution is 2.19. The number of aromatic nitrogens is 3. The number of ether oxygens (including phenoxy) is 1. The predicted octanol–water partition coefficient (Wildman–Crippen LogP) is 0.762. The van der Waals surface area contributed by atoms with E-state index in [0.717, 1.165) is 4.68 Å². The monoisotopic (exact) mass is 279 g/mol. The van der Waals surface area contributed by atoms with Gasteiger partial charge < -0.3 is 15.4 Å². The van der Waals surface area contributed by atoms with E-state index in [1.807, 2.05) is 0 Å². The van der Waals surface area contributed by atoms with Crippen LogP contribution in [0.2, 0.25) is 0 Å². The third kappa shape index (κ3) is 2.40. The van der Waals surface area contributed by atoms with Crippen LogP contribution < -0.4 is 15.4 Å². The predicted molar refractivity (Wildman–Crippen MR) is 71.4 cm³/mol. The summed E-state index contributed by atoms with van der Waals surface area (Å²) in [5.41, 5.74) is 5.90. The number of rotatable bonds is 3. The van der Waals surface area contributed by atoms with Crippen molar-refractivity contribution in [1.29, 1.82) is 0 Å². The smallest absolute Gasteiger partial charge is 0.324 e. The van der Waals surface area contributed by atoms with Crippen LogP contribution in [0.1, 0.15) is 10.4 Å². The summed E-state index contributed by atoms with van der Waals surface area (Å²) in [6, 6.07) is 4.18. The normalized spacial score (nSPS) is 10.4. The molecular formula is C12H14FN5O2. The number of benzene rings is 1. The fraction of sp³-hybridized carbons (Fsp3) is 0.250. The standard InChI is InChI=1S/C12H14FN5O2/c1-17(2)7-4-5-8(9(13)6-7)10(19)18-12(20-3)15-11(14)16-18/h4-6H,1-3H3,(H2,14,16). The Morgan fingerprint density at radius 1 is 1.45 bits per heavy atom. The van der Waals surface area contributed by atoms with E-state index in [2.05, 4.69) is 10.1 Å². The van der Waals surface area contributed by atoms with Crippen molar-refractivity contribution in [3.05, 3.63) is 29.6 Å². The lowest BCUT2D eigenvalue weighted by molar-refractivity contribution is 0.0928.